The van der Waals surface area contributed by atoms with E-state index in [0.717, 1.165) is 12.0 Å². The van der Waals surface area contributed by atoms with E-state index in [4.69, 9.17) is 23.7 Å². The van der Waals surface area contributed by atoms with Crippen molar-refractivity contribution in [2.75, 3.05) is 27.9 Å². The fourth-order valence-electron chi connectivity index (χ4n) is 2.76. The van der Waals surface area contributed by atoms with Crippen LogP contribution in [0.25, 0.3) is 6.08 Å². The maximum absolute atomic E-state index is 12.3. The molecule has 0 amide bonds. The van der Waals surface area contributed by atoms with Crippen LogP contribution in [-0.4, -0.2) is 39.8 Å². The first-order chi connectivity index (χ1) is 14.1. The van der Waals surface area contributed by atoms with Crippen molar-refractivity contribution >= 4 is 17.9 Å². The molecule has 29 heavy (non-hydrogen) atoms. The second-order valence-corrected chi connectivity index (χ2v) is 6.16. The van der Waals surface area contributed by atoms with Gasteiger partial charge in [-0.25, -0.2) is 9.79 Å². The number of rotatable bonds is 8. The minimum absolute atomic E-state index is 0.194. The third-order valence-corrected chi connectivity index (χ3v) is 4.20. The van der Waals surface area contributed by atoms with E-state index < -0.39 is 5.97 Å². The quantitative estimate of drug-likeness (QED) is 0.498. The van der Waals surface area contributed by atoms with Gasteiger partial charge >= 0.3 is 5.97 Å². The highest BCUT2D eigenvalue weighted by Gasteiger charge is 2.25. The Morgan fingerprint density at radius 2 is 1.62 bits per heavy atom. The highest BCUT2D eigenvalue weighted by Crippen LogP contribution is 2.31. The van der Waals surface area contributed by atoms with Gasteiger partial charge in [-0.15, -0.1) is 0 Å². The van der Waals surface area contributed by atoms with Crippen molar-refractivity contribution in [3.63, 3.8) is 0 Å². The monoisotopic (exact) mass is 397 g/mol. The van der Waals surface area contributed by atoms with Crippen molar-refractivity contribution < 1.29 is 28.5 Å². The summed E-state index contributed by atoms with van der Waals surface area (Å²) in [4.78, 5) is 16.6. The van der Waals surface area contributed by atoms with Crippen molar-refractivity contribution in [1.82, 2.24) is 0 Å². The predicted octanol–water partition coefficient (Wildman–Crippen LogP) is 3.85. The summed E-state index contributed by atoms with van der Waals surface area (Å²) in [5.41, 5.74) is 1.55. The zero-order valence-corrected chi connectivity index (χ0v) is 16.9. The molecule has 7 nitrogen and oxygen atoms in total. The van der Waals surface area contributed by atoms with Gasteiger partial charge in [-0.1, -0.05) is 13.0 Å². The van der Waals surface area contributed by atoms with Crippen LogP contribution >= 0.6 is 0 Å². The van der Waals surface area contributed by atoms with Crippen LogP contribution in [0.4, 0.5) is 0 Å². The third-order valence-electron chi connectivity index (χ3n) is 4.20. The molecule has 2 aromatic rings. The molecule has 0 bridgehead atoms. The number of cyclic esters (lactones) is 1. The third kappa shape index (κ3) is 4.51. The number of hydrogen-bond acceptors (Lipinski definition) is 7. The Hall–Kier alpha value is -3.48. The lowest BCUT2D eigenvalue weighted by molar-refractivity contribution is -0.129. The molecule has 2 aromatic carbocycles. The van der Waals surface area contributed by atoms with E-state index in [9.17, 15) is 4.79 Å². The number of carbonyl (C=O) groups excluding carboxylic acids is 1. The Kier molecular flexibility index (Phi) is 6.39. The first-order valence-electron chi connectivity index (χ1n) is 9.15. The summed E-state index contributed by atoms with van der Waals surface area (Å²) in [5.74, 6) is 2.02. The normalized spacial score (nSPS) is 14.4. The molecule has 1 heterocycles. The van der Waals surface area contributed by atoms with Gasteiger partial charge in [0, 0.05) is 5.56 Å². The number of ether oxygens (including phenoxy) is 5. The summed E-state index contributed by atoms with van der Waals surface area (Å²) in [5, 5.41) is 0. The van der Waals surface area contributed by atoms with Gasteiger partial charge < -0.3 is 23.7 Å². The molecule has 0 saturated heterocycles. The predicted molar refractivity (Wildman–Crippen MR) is 109 cm³/mol. The van der Waals surface area contributed by atoms with Crippen LogP contribution in [0.2, 0.25) is 0 Å². The van der Waals surface area contributed by atoms with Crippen LogP contribution in [0.1, 0.15) is 24.5 Å². The van der Waals surface area contributed by atoms with E-state index in [-0.39, 0.29) is 11.6 Å². The van der Waals surface area contributed by atoms with E-state index in [2.05, 4.69) is 4.99 Å². The van der Waals surface area contributed by atoms with Crippen LogP contribution in [-0.2, 0) is 9.53 Å². The fourth-order valence-corrected chi connectivity index (χ4v) is 2.76. The Labute approximate surface area is 169 Å². The van der Waals surface area contributed by atoms with E-state index in [1.165, 1.54) is 7.11 Å². The first kappa shape index (κ1) is 20.3. The molecular weight excluding hydrogens is 374 g/mol. The number of hydrogen-bond donors (Lipinski definition) is 0. The highest BCUT2D eigenvalue weighted by atomic mass is 16.6. The SMILES string of the molecule is CCCOc1ccc(/C=C2\N=C(c3ccc(OC)c(OC)c3)OC2=O)cc1OC. The zero-order valence-electron chi connectivity index (χ0n) is 16.9. The highest BCUT2D eigenvalue weighted by molar-refractivity contribution is 6.13. The van der Waals surface area contributed by atoms with Gasteiger partial charge in [0.15, 0.2) is 28.7 Å². The molecule has 0 unspecified atom stereocenters. The van der Waals surface area contributed by atoms with E-state index in [1.807, 2.05) is 13.0 Å². The molecule has 0 N–H and O–H groups in total. The zero-order chi connectivity index (χ0) is 20.8. The molecule has 3 rings (SSSR count). The molecule has 0 aromatic heterocycles. The maximum atomic E-state index is 12.3. The summed E-state index contributed by atoms with van der Waals surface area (Å²) < 4.78 is 26.9. The minimum Gasteiger partial charge on any atom is -0.493 e. The number of aliphatic imine (C=N–C) groups is 1. The molecule has 0 atom stereocenters. The van der Waals surface area contributed by atoms with Crippen molar-refractivity contribution in [3.8, 4) is 23.0 Å². The van der Waals surface area contributed by atoms with E-state index in [1.54, 1.807) is 50.6 Å². The molecule has 7 heteroatoms. The largest absolute Gasteiger partial charge is 0.493 e. The van der Waals surface area contributed by atoms with Crippen molar-refractivity contribution in [1.29, 1.82) is 0 Å². The Bertz CT molecular complexity index is 964. The smallest absolute Gasteiger partial charge is 0.363 e. The Balaban J connectivity index is 1.89. The summed E-state index contributed by atoms with van der Waals surface area (Å²) >= 11 is 0. The Morgan fingerprint density at radius 3 is 2.31 bits per heavy atom. The molecular formula is C22H23NO6. The lowest BCUT2D eigenvalue weighted by Crippen LogP contribution is -2.06. The van der Waals surface area contributed by atoms with Crippen LogP contribution in [0.3, 0.4) is 0 Å². The van der Waals surface area contributed by atoms with Gasteiger partial charge in [0.1, 0.15) is 0 Å². The summed E-state index contributed by atoms with van der Waals surface area (Å²) in [6.07, 6.45) is 2.54. The number of benzene rings is 2. The fraction of sp³-hybridized carbons (Fsp3) is 0.273. The molecule has 0 saturated carbocycles. The second-order valence-electron chi connectivity index (χ2n) is 6.16. The second kappa shape index (κ2) is 9.14. The van der Waals surface area contributed by atoms with Crippen LogP contribution < -0.4 is 18.9 Å². The molecule has 1 aliphatic rings. The summed E-state index contributed by atoms with van der Waals surface area (Å²) in [7, 11) is 4.66. The first-order valence-corrected chi connectivity index (χ1v) is 9.15. The van der Waals surface area contributed by atoms with Crippen molar-refractivity contribution in [2.24, 2.45) is 4.99 Å². The topological polar surface area (TPSA) is 75.6 Å². The van der Waals surface area contributed by atoms with Gasteiger partial charge in [-0.3, -0.25) is 0 Å². The number of methoxy groups -OCH3 is 3. The molecule has 152 valence electrons. The summed E-state index contributed by atoms with van der Waals surface area (Å²) in [6, 6.07) is 10.6. The number of carbonyl (C=O) groups is 1. The summed E-state index contributed by atoms with van der Waals surface area (Å²) in [6.45, 7) is 2.63. The molecule has 0 spiro atoms. The van der Waals surface area contributed by atoms with Gasteiger partial charge in [0.25, 0.3) is 0 Å². The van der Waals surface area contributed by atoms with Crippen LogP contribution in [0, 0.1) is 0 Å². The lowest BCUT2D eigenvalue weighted by Gasteiger charge is -2.10. The molecule has 0 fully saturated rings. The van der Waals surface area contributed by atoms with E-state index in [0.29, 0.717) is 35.2 Å². The minimum atomic E-state index is -0.528. The number of nitrogens with zero attached hydrogens (tertiary/aromatic N) is 1. The average molecular weight is 397 g/mol. The van der Waals surface area contributed by atoms with Gasteiger partial charge in [0.05, 0.1) is 27.9 Å². The van der Waals surface area contributed by atoms with Crippen LogP contribution in [0.15, 0.2) is 47.1 Å². The van der Waals surface area contributed by atoms with E-state index >= 15 is 0 Å². The number of esters is 1. The molecule has 0 aliphatic carbocycles. The average Bonchev–Trinajstić information content (AvgIpc) is 3.12. The van der Waals surface area contributed by atoms with Gasteiger partial charge in [-0.05, 0) is 48.4 Å². The van der Waals surface area contributed by atoms with Crippen molar-refractivity contribution in [3.05, 3.63) is 53.2 Å². The molecule has 1 aliphatic heterocycles. The standard InChI is InChI=1S/C22H23NO6/c1-5-10-28-18-8-6-14(12-19(18)26-3)11-16-22(24)29-21(23-16)15-7-9-17(25-2)20(13-15)27-4/h6-9,11-13H,5,10H2,1-4H3/b16-11-. The van der Waals surface area contributed by atoms with Crippen LogP contribution in [0.5, 0.6) is 23.0 Å². The van der Waals surface area contributed by atoms with Gasteiger partial charge in [0.2, 0.25) is 5.90 Å². The Morgan fingerprint density at radius 1 is 0.931 bits per heavy atom. The van der Waals surface area contributed by atoms with Gasteiger partial charge in [-0.2, -0.15) is 0 Å². The lowest BCUT2D eigenvalue weighted by atomic mass is 10.1. The maximum Gasteiger partial charge on any atom is 0.363 e. The van der Waals surface area contributed by atoms with Crippen molar-refractivity contribution in [2.45, 2.75) is 13.3 Å². The molecule has 0 radical (unpaired) electrons.